The number of methoxy groups -OCH3 is 2. The summed E-state index contributed by atoms with van der Waals surface area (Å²) in [4.78, 5) is 24.2. The van der Waals surface area contributed by atoms with E-state index >= 15 is 0 Å². The molecule has 2 rings (SSSR count). The first-order valence-corrected chi connectivity index (χ1v) is 9.54. The maximum atomic E-state index is 12.1. The molecule has 2 amide bonds. The van der Waals surface area contributed by atoms with Crippen LogP contribution in [0.3, 0.4) is 0 Å². The third-order valence-corrected chi connectivity index (χ3v) is 4.31. The molecule has 0 aliphatic heterocycles. The molecule has 8 heteroatoms. The van der Waals surface area contributed by atoms with Gasteiger partial charge in [0.25, 0.3) is 0 Å². The number of benzene rings is 2. The molecule has 2 N–H and O–H groups in total. The Hall–Kier alpha value is -3.68. The molecule has 2 aromatic rings. The average molecular weight is 410 g/mol. The Kier molecular flexibility index (Phi) is 8.56. The maximum absolute atomic E-state index is 12.1. The molecular weight excluding hydrogens is 384 g/mol. The Labute approximate surface area is 176 Å². The van der Waals surface area contributed by atoms with Crippen molar-refractivity contribution >= 4 is 23.2 Å². The van der Waals surface area contributed by atoms with Crippen molar-refractivity contribution in [3.8, 4) is 11.5 Å². The molecule has 0 bridgehead atoms. The highest BCUT2D eigenvalue weighted by atomic mass is 16.5. The van der Waals surface area contributed by atoms with Crippen LogP contribution in [0.5, 0.6) is 11.5 Å². The fourth-order valence-corrected chi connectivity index (χ4v) is 2.60. The largest absolute Gasteiger partial charge is 0.497 e. The monoisotopic (exact) mass is 410 g/mol. The number of nitrogens with one attached hydrogen (secondary N) is 2. The van der Waals surface area contributed by atoms with E-state index in [0.717, 1.165) is 22.6 Å². The van der Waals surface area contributed by atoms with Gasteiger partial charge in [-0.2, -0.15) is 10.2 Å². The van der Waals surface area contributed by atoms with E-state index < -0.39 is 11.8 Å². The summed E-state index contributed by atoms with van der Waals surface area (Å²) in [6.45, 7) is 3.81. The van der Waals surface area contributed by atoms with Crippen molar-refractivity contribution < 1.29 is 19.1 Å². The van der Waals surface area contributed by atoms with Crippen LogP contribution < -0.4 is 20.3 Å². The molecule has 0 unspecified atom stereocenters. The zero-order chi connectivity index (χ0) is 21.9. The van der Waals surface area contributed by atoms with Gasteiger partial charge in [0.15, 0.2) is 0 Å². The topological polar surface area (TPSA) is 101 Å². The molecule has 2 aromatic carbocycles. The Morgan fingerprint density at radius 2 is 1.03 bits per heavy atom. The van der Waals surface area contributed by atoms with Gasteiger partial charge >= 0.3 is 11.8 Å². The molecule has 0 aliphatic carbocycles. The van der Waals surface area contributed by atoms with Crippen LogP contribution in [0, 0.1) is 0 Å². The fourth-order valence-electron chi connectivity index (χ4n) is 2.60. The van der Waals surface area contributed by atoms with Crippen LogP contribution in [0.4, 0.5) is 0 Å². The minimum atomic E-state index is -0.900. The number of carbonyl (C=O) groups excluding carboxylic acids is 2. The molecule has 0 aliphatic rings. The number of carbonyl (C=O) groups is 2. The Morgan fingerprint density at radius 1 is 0.700 bits per heavy atom. The Balaban J connectivity index is 2.01. The lowest BCUT2D eigenvalue weighted by molar-refractivity contribution is -0.139. The minimum Gasteiger partial charge on any atom is -0.497 e. The molecule has 0 heterocycles. The van der Waals surface area contributed by atoms with Gasteiger partial charge in [-0.15, -0.1) is 0 Å². The van der Waals surface area contributed by atoms with Crippen molar-refractivity contribution in [1.29, 1.82) is 0 Å². The normalized spacial score (nSPS) is 11.6. The van der Waals surface area contributed by atoms with Gasteiger partial charge < -0.3 is 9.47 Å². The molecule has 0 saturated carbocycles. The highest BCUT2D eigenvalue weighted by molar-refractivity contribution is 6.35. The van der Waals surface area contributed by atoms with Crippen molar-refractivity contribution in [2.75, 3.05) is 14.2 Å². The molecule has 158 valence electrons. The Bertz CT molecular complexity index is 842. The molecule has 0 spiro atoms. The number of rotatable bonds is 8. The third kappa shape index (κ3) is 6.16. The summed E-state index contributed by atoms with van der Waals surface area (Å²) in [6.07, 6.45) is 1.15. The van der Waals surface area contributed by atoms with Gasteiger partial charge in [-0.05, 0) is 72.5 Å². The predicted molar refractivity (Wildman–Crippen MR) is 116 cm³/mol. The van der Waals surface area contributed by atoms with Gasteiger partial charge in [0, 0.05) is 0 Å². The first kappa shape index (κ1) is 22.6. The molecule has 8 nitrogen and oxygen atoms in total. The highest BCUT2D eigenvalue weighted by Crippen LogP contribution is 2.14. The first-order chi connectivity index (χ1) is 14.5. The van der Waals surface area contributed by atoms with Crippen LogP contribution in [0.1, 0.15) is 37.8 Å². The predicted octanol–water partition coefficient (Wildman–Crippen LogP) is 2.86. The third-order valence-electron chi connectivity index (χ3n) is 4.31. The van der Waals surface area contributed by atoms with Crippen molar-refractivity contribution in [3.63, 3.8) is 0 Å². The van der Waals surface area contributed by atoms with Gasteiger partial charge in [0.2, 0.25) is 0 Å². The number of hydrogen-bond donors (Lipinski definition) is 2. The van der Waals surface area contributed by atoms with E-state index in [0.29, 0.717) is 24.3 Å². The summed E-state index contributed by atoms with van der Waals surface area (Å²) >= 11 is 0. The van der Waals surface area contributed by atoms with Crippen molar-refractivity contribution in [2.24, 2.45) is 10.2 Å². The van der Waals surface area contributed by atoms with Gasteiger partial charge in [-0.1, -0.05) is 13.8 Å². The van der Waals surface area contributed by atoms with Crippen LogP contribution in [0.25, 0.3) is 0 Å². The van der Waals surface area contributed by atoms with E-state index in [9.17, 15) is 9.59 Å². The zero-order valence-corrected chi connectivity index (χ0v) is 17.6. The minimum absolute atomic E-state index is 0.573. The van der Waals surface area contributed by atoms with Gasteiger partial charge in [0.1, 0.15) is 11.5 Å². The lowest BCUT2D eigenvalue weighted by atomic mass is 10.1. The molecule has 0 aromatic heterocycles. The van der Waals surface area contributed by atoms with Crippen molar-refractivity contribution in [3.05, 3.63) is 59.7 Å². The van der Waals surface area contributed by atoms with Gasteiger partial charge in [0.05, 0.1) is 25.6 Å². The van der Waals surface area contributed by atoms with Crippen LogP contribution in [-0.2, 0) is 9.59 Å². The summed E-state index contributed by atoms with van der Waals surface area (Å²) in [7, 11) is 3.17. The number of hydrogen-bond acceptors (Lipinski definition) is 6. The van der Waals surface area contributed by atoms with Crippen molar-refractivity contribution in [1.82, 2.24) is 10.9 Å². The smallest absolute Gasteiger partial charge is 0.331 e. The van der Waals surface area contributed by atoms with Crippen LogP contribution in [0.2, 0.25) is 0 Å². The molecule has 0 fully saturated rings. The van der Waals surface area contributed by atoms with Crippen LogP contribution in [-0.4, -0.2) is 37.5 Å². The quantitative estimate of drug-likeness (QED) is 0.397. The fraction of sp³-hybridized carbons (Fsp3) is 0.273. The molecule has 0 saturated heterocycles. The standard InChI is InChI=1S/C22H26N4O4/c1-5-19(15-7-11-17(29-3)12-8-15)23-25-21(27)22(28)26-24-20(6-2)16-9-13-18(30-4)14-10-16/h7-14H,5-6H2,1-4H3,(H,25,27)(H,26,28). The van der Waals surface area contributed by atoms with E-state index in [1.807, 2.05) is 38.1 Å². The second-order valence-corrected chi connectivity index (χ2v) is 6.16. The van der Waals surface area contributed by atoms with E-state index in [1.165, 1.54) is 0 Å². The van der Waals surface area contributed by atoms with Crippen LogP contribution in [0.15, 0.2) is 58.7 Å². The van der Waals surface area contributed by atoms with E-state index in [4.69, 9.17) is 9.47 Å². The number of nitrogens with zero attached hydrogens (tertiary/aromatic N) is 2. The number of hydrazone groups is 2. The first-order valence-electron chi connectivity index (χ1n) is 9.54. The molecule has 0 atom stereocenters. The SMILES string of the molecule is CCC(=NNC(=O)C(=O)NN=C(CC)c1ccc(OC)cc1)c1ccc(OC)cc1. The maximum Gasteiger partial charge on any atom is 0.331 e. The second kappa shape index (κ2) is 11.4. The second-order valence-electron chi connectivity index (χ2n) is 6.16. The van der Waals surface area contributed by atoms with E-state index in [2.05, 4.69) is 21.1 Å². The molecule has 0 radical (unpaired) electrons. The lowest BCUT2D eigenvalue weighted by Gasteiger charge is -2.07. The lowest BCUT2D eigenvalue weighted by Crippen LogP contribution is -2.36. The summed E-state index contributed by atoms with van der Waals surface area (Å²) in [5.74, 6) is -0.357. The summed E-state index contributed by atoms with van der Waals surface area (Å²) in [5, 5.41) is 8.13. The summed E-state index contributed by atoms with van der Waals surface area (Å²) < 4.78 is 10.3. The van der Waals surface area contributed by atoms with E-state index in [-0.39, 0.29) is 0 Å². The van der Waals surface area contributed by atoms with Gasteiger partial charge in [-0.3, -0.25) is 9.59 Å². The van der Waals surface area contributed by atoms with Crippen LogP contribution >= 0.6 is 0 Å². The Morgan fingerprint density at radius 3 is 1.30 bits per heavy atom. The van der Waals surface area contributed by atoms with Gasteiger partial charge in [-0.25, -0.2) is 10.9 Å². The van der Waals surface area contributed by atoms with Crippen molar-refractivity contribution in [2.45, 2.75) is 26.7 Å². The average Bonchev–Trinajstić information content (AvgIpc) is 2.80. The highest BCUT2D eigenvalue weighted by Gasteiger charge is 2.13. The summed E-state index contributed by atoms with van der Waals surface area (Å²) in [6, 6.07) is 14.5. The number of amides is 2. The van der Waals surface area contributed by atoms with E-state index in [1.54, 1.807) is 38.5 Å². The number of ether oxygens (including phenoxy) is 2. The molecule has 30 heavy (non-hydrogen) atoms. The zero-order valence-electron chi connectivity index (χ0n) is 17.6. The summed E-state index contributed by atoms with van der Waals surface area (Å²) in [5.41, 5.74) is 7.47. The molecular formula is C22H26N4O4.